The molecule has 3 heterocycles. The number of hydrogen-bond donors (Lipinski definition) is 0. The first-order valence-electron chi connectivity index (χ1n) is 10.7. The predicted octanol–water partition coefficient (Wildman–Crippen LogP) is 3.34. The second-order valence-corrected chi connectivity index (χ2v) is 10.6. The number of carbonyl (C=O) groups is 1. The molecule has 4 rings (SSSR count). The second kappa shape index (κ2) is 8.58. The number of amides is 1. The predicted molar refractivity (Wildman–Crippen MR) is 125 cm³/mol. The summed E-state index contributed by atoms with van der Waals surface area (Å²) >= 11 is 0. The minimum Gasteiger partial charge on any atom is -0.497 e. The van der Waals surface area contributed by atoms with Gasteiger partial charge in [-0.05, 0) is 57.2 Å². The van der Waals surface area contributed by atoms with E-state index in [4.69, 9.17) is 9.47 Å². The first kappa shape index (κ1) is 22.9. The van der Waals surface area contributed by atoms with Crippen LogP contribution in [0.25, 0.3) is 10.9 Å². The number of methoxy groups -OCH3 is 1. The van der Waals surface area contributed by atoms with Gasteiger partial charge in [0.25, 0.3) is 10.0 Å². The van der Waals surface area contributed by atoms with Crippen molar-refractivity contribution in [2.24, 2.45) is 0 Å². The molecule has 0 saturated carbocycles. The zero-order valence-electron chi connectivity index (χ0n) is 19.2. The van der Waals surface area contributed by atoms with Crippen molar-refractivity contribution in [2.45, 2.75) is 31.3 Å². The topological polar surface area (TPSA) is 94.0 Å². The van der Waals surface area contributed by atoms with E-state index in [0.29, 0.717) is 43.3 Å². The zero-order valence-corrected chi connectivity index (χ0v) is 20.0. The number of hydrogen-bond acceptors (Lipinski definition) is 7. The number of fused-ring (bicyclic) bond motifs is 1. The molecule has 176 valence electrons. The third-order valence-corrected chi connectivity index (χ3v) is 7.11. The molecule has 1 fully saturated rings. The summed E-state index contributed by atoms with van der Waals surface area (Å²) in [5.74, 6) is 1.28. The summed E-state index contributed by atoms with van der Waals surface area (Å²) in [5.41, 5.74) is 0.00465. The van der Waals surface area contributed by atoms with Crippen molar-refractivity contribution >= 4 is 32.8 Å². The third kappa shape index (κ3) is 4.61. The van der Waals surface area contributed by atoms with Crippen molar-refractivity contribution in [3.8, 4) is 5.75 Å². The molecule has 0 atom stereocenters. The van der Waals surface area contributed by atoms with Crippen molar-refractivity contribution in [3.05, 3.63) is 48.8 Å². The highest BCUT2D eigenvalue weighted by molar-refractivity contribution is 7.90. The van der Waals surface area contributed by atoms with E-state index in [-0.39, 0.29) is 11.0 Å². The number of carbonyl (C=O) groups excluding carboxylic acids is 1. The van der Waals surface area contributed by atoms with Crippen molar-refractivity contribution in [3.63, 3.8) is 0 Å². The Labute approximate surface area is 193 Å². The van der Waals surface area contributed by atoms with E-state index >= 15 is 0 Å². The van der Waals surface area contributed by atoms with Crippen molar-refractivity contribution in [1.29, 1.82) is 0 Å². The van der Waals surface area contributed by atoms with Crippen molar-refractivity contribution < 1.29 is 22.7 Å². The lowest BCUT2D eigenvalue weighted by molar-refractivity contribution is 0.0240. The van der Waals surface area contributed by atoms with Gasteiger partial charge in [-0.15, -0.1) is 0 Å². The van der Waals surface area contributed by atoms with E-state index in [1.54, 1.807) is 41.6 Å². The molecule has 0 spiro atoms. The van der Waals surface area contributed by atoms with Gasteiger partial charge in [-0.25, -0.2) is 22.2 Å². The fourth-order valence-corrected chi connectivity index (χ4v) is 5.12. The zero-order chi connectivity index (χ0) is 23.8. The highest BCUT2D eigenvalue weighted by Gasteiger charge is 2.28. The SMILES string of the molecule is COc1ccc(S(=O)(=O)n2ccc3c(N4CCN(C(=O)OC(C)(C)C)CC4)nccc32)cc1. The smallest absolute Gasteiger partial charge is 0.410 e. The van der Waals surface area contributed by atoms with Gasteiger partial charge in [0.15, 0.2) is 0 Å². The van der Waals surface area contributed by atoms with Crippen LogP contribution in [0.1, 0.15) is 20.8 Å². The van der Waals surface area contributed by atoms with Crippen LogP contribution in [0, 0.1) is 0 Å². The quantitative estimate of drug-likeness (QED) is 0.575. The lowest BCUT2D eigenvalue weighted by Gasteiger charge is -2.36. The number of ether oxygens (including phenoxy) is 2. The number of aromatic nitrogens is 2. The van der Waals surface area contributed by atoms with Gasteiger partial charge in [0.05, 0.1) is 17.5 Å². The normalized spacial score (nSPS) is 15.0. The summed E-state index contributed by atoms with van der Waals surface area (Å²) in [6.07, 6.45) is 2.83. The minimum absolute atomic E-state index is 0.171. The highest BCUT2D eigenvalue weighted by Crippen LogP contribution is 2.29. The Hall–Kier alpha value is -3.27. The number of piperazine rings is 1. The summed E-state index contributed by atoms with van der Waals surface area (Å²) in [6, 6.07) is 9.75. The molecule has 10 heteroatoms. The van der Waals surface area contributed by atoms with Crippen molar-refractivity contribution in [2.75, 3.05) is 38.2 Å². The molecule has 0 aliphatic carbocycles. The first-order valence-corrected chi connectivity index (χ1v) is 12.1. The molecule has 1 saturated heterocycles. The van der Waals surface area contributed by atoms with Crippen molar-refractivity contribution in [1.82, 2.24) is 13.9 Å². The van der Waals surface area contributed by atoms with E-state index in [2.05, 4.69) is 9.88 Å². The molecule has 1 aliphatic heterocycles. The van der Waals surface area contributed by atoms with Gasteiger partial charge >= 0.3 is 6.09 Å². The Bertz CT molecular complexity index is 1250. The van der Waals surface area contributed by atoms with E-state index < -0.39 is 15.6 Å². The lowest BCUT2D eigenvalue weighted by atomic mass is 10.2. The largest absolute Gasteiger partial charge is 0.497 e. The molecule has 0 radical (unpaired) electrons. The lowest BCUT2D eigenvalue weighted by Crippen LogP contribution is -2.50. The van der Waals surface area contributed by atoms with Crippen LogP contribution < -0.4 is 9.64 Å². The number of nitrogens with zero attached hydrogens (tertiary/aromatic N) is 4. The Kier molecular flexibility index (Phi) is 5.96. The average Bonchev–Trinajstić information content (AvgIpc) is 3.23. The molecule has 33 heavy (non-hydrogen) atoms. The molecule has 9 nitrogen and oxygen atoms in total. The van der Waals surface area contributed by atoms with Crippen LogP contribution in [0.4, 0.5) is 10.6 Å². The summed E-state index contributed by atoms with van der Waals surface area (Å²) < 4.78 is 38.4. The van der Waals surface area contributed by atoms with Gasteiger partial charge in [0, 0.05) is 44.0 Å². The molecule has 0 N–H and O–H groups in total. The van der Waals surface area contributed by atoms with Gasteiger partial charge < -0.3 is 19.3 Å². The number of anilines is 1. The van der Waals surface area contributed by atoms with Crippen LogP contribution in [0.3, 0.4) is 0 Å². The molecular weight excluding hydrogens is 444 g/mol. The first-order chi connectivity index (χ1) is 15.6. The van der Waals surface area contributed by atoms with Gasteiger partial charge in [0.2, 0.25) is 0 Å². The van der Waals surface area contributed by atoms with Crippen LogP contribution in [0.15, 0.2) is 53.7 Å². The van der Waals surface area contributed by atoms with Gasteiger partial charge in [-0.2, -0.15) is 0 Å². The Morgan fingerprint density at radius 2 is 1.67 bits per heavy atom. The summed E-state index contributed by atoms with van der Waals surface area (Å²) in [4.78, 5) is 20.8. The Morgan fingerprint density at radius 3 is 2.27 bits per heavy atom. The molecule has 0 unspecified atom stereocenters. The molecule has 1 aromatic carbocycles. The maximum atomic E-state index is 13.3. The number of pyridine rings is 1. The van der Waals surface area contributed by atoms with Crippen LogP contribution in [-0.4, -0.2) is 67.3 Å². The second-order valence-electron chi connectivity index (χ2n) is 8.81. The third-order valence-electron chi connectivity index (χ3n) is 5.41. The summed E-state index contributed by atoms with van der Waals surface area (Å²) in [5, 5.41) is 0.736. The van der Waals surface area contributed by atoms with E-state index in [1.165, 1.54) is 23.2 Å². The minimum atomic E-state index is -3.79. The molecule has 3 aromatic rings. The summed E-state index contributed by atoms with van der Waals surface area (Å²) in [7, 11) is -2.25. The number of benzene rings is 1. The van der Waals surface area contributed by atoms with Gasteiger partial charge in [-0.1, -0.05) is 0 Å². The molecule has 2 aromatic heterocycles. The maximum absolute atomic E-state index is 13.3. The highest BCUT2D eigenvalue weighted by atomic mass is 32.2. The van der Waals surface area contributed by atoms with Crippen LogP contribution in [0.2, 0.25) is 0 Å². The Balaban J connectivity index is 1.58. The van der Waals surface area contributed by atoms with Gasteiger partial charge in [-0.3, -0.25) is 0 Å². The van der Waals surface area contributed by atoms with E-state index in [0.717, 1.165) is 5.39 Å². The number of rotatable bonds is 4. The van der Waals surface area contributed by atoms with Crippen LogP contribution >= 0.6 is 0 Å². The standard InChI is InChI=1S/C23H28N4O5S/c1-23(2,3)32-22(28)26-15-13-25(14-16-26)21-19-10-12-27(20(19)9-11-24-21)33(29,30)18-7-5-17(31-4)6-8-18/h5-12H,13-16H2,1-4H3. The molecule has 1 amide bonds. The van der Waals surface area contributed by atoms with Crippen LogP contribution in [0.5, 0.6) is 5.75 Å². The summed E-state index contributed by atoms with van der Waals surface area (Å²) in [6.45, 7) is 7.67. The Morgan fingerprint density at radius 1 is 1.00 bits per heavy atom. The van der Waals surface area contributed by atoms with E-state index in [9.17, 15) is 13.2 Å². The van der Waals surface area contributed by atoms with Gasteiger partial charge in [0.1, 0.15) is 17.2 Å². The fraction of sp³-hybridized carbons (Fsp3) is 0.391. The average molecular weight is 473 g/mol. The molecule has 0 bridgehead atoms. The monoisotopic (exact) mass is 472 g/mol. The molecular formula is C23H28N4O5S. The molecule has 1 aliphatic rings. The fourth-order valence-electron chi connectivity index (χ4n) is 3.78. The maximum Gasteiger partial charge on any atom is 0.410 e. The van der Waals surface area contributed by atoms with E-state index in [1.807, 2.05) is 20.8 Å². The van der Waals surface area contributed by atoms with Crippen LogP contribution in [-0.2, 0) is 14.8 Å².